The summed E-state index contributed by atoms with van der Waals surface area (Å²) in [6, 6.07) is 6.62. The predicted octanol–water partition coefficient (Wildman–Crippen LogP) is 2.96. The van der Waals surface area contributed by atoms with Crippen LogP contribution >= 0.6 is 0 Å². The molecule has 1 aromatic carbocycles. The quantitative estimate of drug-likeness (QED) is 0.948. The Hall–Kier alpha value is -2.31. The number of hydrogen-bond acceptors (Lipinski definition) is 3. The van der Waals surface area contributed by atoms with Crippen molar-refractivity contribution in [1.82, 2.24) is 9.88 Å². The second kappa shape index (κ2) is 5.59. The van der Waals surface area contributed by atoms with Crippen molar-refractivity contribution >= 4 is 16.8 Å². The molecule has 4 nitrogen and oxygen atoms in total. The van der Waals surface area contributed by atoms with E-state index >= 15 is 0 Å². The zero-order valence-electron chi connectivity index (χ0n) is 11.2. The Bertz CT molecular complexity index is 671. The number of aromatic nitrogens is 1. The van der Waals surface area contributed by atoms with Gasteiger partial charge in [0.15, 0.2) is 0 Å². The Morgan fingerprint density at radius 2 is 2.00 bits per heavy atom. The summed E-state index contributed by atoms with van der Waals surface area (Å²) in [5.41, 5.74) is 0.452. The number of fused-ring (bicyclic) bond motifs is 1. The molecular formula is C14H13F3N2O2. The van der Waals surface area contributed by atoms with Gasteiger partial charge in [0, 0.05) is 19.0 Å². The minimum atomic E-state index is -4.34. The summed E-state index contributed by atoms with van der Waals surface area (Å²) in [7, 11) is 1.27. The van der Waals surface area contributed by atoms with Crippen LogP contribution in [0.1, 0.15) is 16.8 Å². The largest absolute Gasteiger partial charge is 0.505 e. The molecule has 7 heteroatoms. The molecule has 0 radical (unpaired) electrons. The lowest BCUT2D eigenvalue weighted by molar-refractivity contribution is -0.136. The van der Waals surface area contributed by atoms with Gasteiger partial charge in [0.05, 0.1) is 23.7 Å². The van der Waals surface area contributed by atoms with Crippen LogP contribution in [0.5, 0.6) is 5.75 Å². The molecule has 0 fully saturated rings. The SMILES string of the molecule is CN(CCC(F)(F)F)C(=O)c1c(O)cnc2ccccc12. The van der Waals surface area contributed by atoms with Crippen LogP contribution < -0.4 is 0 Å². The molecule has 2 aromatic rings. The number of amides is 1. The molecule has 0 bridgehead atoms. The molecule has 1 N–H and O–H groups in total. The first-order chi connectivity index (χ1) is 9.79. The normalized spacial score (nSPS) is 11.6. The van der Waals surface area contributed by atoms with E-state index in [9.17, 15) is 23.1 Å². The number of benzene rings is 1. The summed E-state index contributed by atoms with van der Waals surface area (Å²) in [5, 5.41) is 10.2. The standard InChI is InChI=1S/C14H13F3N2O2/c1-19(7-6-14(15,16)17)13(21)12-9-4-2-3-5-10(9)18-8-11(12)20/h2-5,8,20H,6-7H2,1H3. The Balaban J connectivity index is 2.33. The number of para-hydroxylation sites is 1. The second-order valence-corrected chi connectivity index (χ2v) is 4.63. The van der Waals surface area contributed by atoms with E-state index in [1.165, 1.54) is 7.05 Å². The summed E-state index contributed by atoms with van der Waals surface area (Å²) < 4.78 is 36.7. The summed E-state index contributed by atoms with van der Waals surface area (Å²) in [4.78, 5) is 17.2. The van der Waals surface area contributed by atoms with Crippen LogP contribution in [0.15, 0.2) is 30.5 Å². The highest BCUT2D eigenvalue weighted by atomic mass is 19.4. The molecule has 2 rings (SSSR count). The molecule has 0 saturated carbocycles. The average molecular weight is 298 g/mol. The van der Waals surface area contributed by atoms with Crippen LogP contribution in [0, 0.1) is 0 Å². The van der Waals surface area contributed by atoms with Crippen molar-refractivity contribution in [2.24, 2.45) is 0 Å². The molecular weight excluding hydrogens is 285 g/mol. The summed E-state index contributed by atoms with van der Waals surface area (Å²) in [5.74, 6) is -1.02. The molecule has 1 amide bonds. The summed E-state index contributed by atoms with van der Waals surface area (Å²) in [6.45, 7) is -0.474. The smallest absolute Gasteiger partial charge is 0.390 e. The van der Waals surface area contributed by atoms with Crippen LogP contribution in [0.25, 0.3) is 10.9 Å². The van der Waals surface area contributed by atoms with Crippen molar-refractivity contribution in [1.29, 1.82) is 0 Å². The van der Waals surface area contributed by atoms with Crippen molar-refractivity contribution in [2.45, 2.75) is 12.6 Å². The van der Waals surface area contributed by atoms with E-state index in [1.54, 1.807) is 24.3 Å². The predicted molar refractivity (Wildman–Crippen MR) is 71.0 cm³/mol. The third kappa shape index (κ3) is 3.42. The van der Waals surface area contributed by atoms with Crippen molar-refractivity contribution < 1.29 is 23.1 Å². The van der Waals surface area contributed by atoms with E-state index in [4.69, 9.17) is 0 Å². The molecule has 112 valence electrons. The van der Waals surface area contributed by atoms with E-state index in [0.29, 0.717) is 10.9 Å². The molecule has 0 aliphatic rings. The Labute approximate surface area is 118 Å². The van der Waals surface area contributed by atoms with Crippen molar-refractivity contribution in [3.63, 3.8) is 0 Å². The molecule has 0 aliphatic heterocycles. The molecule has 0 unspecified atom stereocenters. The fraction of sp³-hybridized carbons (Fsp3) is 0.286. The van der Waals surface area contributed by atoms with Gasteiger partial charge >= 0.3 is 6.18 Å². The van der Waals surface area contributed by atoms with E-state index < -0.39 is 25.0 Å². The number of alkyl halides is 3. The average Bonchev–Trinajstić information content (AvgIpc) is 2.43. The van der Waals surface area contributed by atoms with Gasteiger partial charge in [-0.15, -0.1) is 0 Å². The maximum absolute atomic E-state index is 12.3. The molecule has 1 heterocycles. The van der Waals surface area contributed by atoms with Crippen molar-refractivity contribution in [3.05, 3.63) is 36.0 Å². The van der Waals surface area contributed by atoms with Gasteiger partial charge in [0.1, 0.15) is 5.75 Å². The number of hydrogen-bond donors (Lipinski definition) is 1. The maximum atomic E-state index is 12.3. The molecule has 0 spiro atoms. The van der Waals surface area contributed by atoms with Crippen LogP contribution in [-0.4, -0.2) is 40.7 Å². The lowest BCUT2D eigenvalue weighted by Gasteiger charge is -2.19. The van der Waals surface area contributed by atoms with Crippen LogP contribution in [-0.2, 0) is 0 Å². The zero-order chi connectivity index (χ0) is 15.6. The maximum Gasteiger partial charge on any atom is 0.390 e. The fourth-order valence-electron chi connectivity index (χ4n) is 1.94. The first-order valence-electron chi connectivity index (χ1n) is 6.18. The molecule has 0 atom stereocenters. The minimum Gasteiger partial charge on any atom is -0.505 e. The van der Waals surface area contributed by atoms with E-state index in [-0.39, 0.29) is 11.3 Å². The number of halogens is 3. The number of carbonyl (C=O) groups excluding carboxylic acids is 1. The first-order valence-corrected chi connectivity index (χ1v) is 6.18. The monoisotopic (exact) mass is 298 g/mol. The van der Waals surface area contributed by atoms with E-state index in [0.717, 1.165) is 11.1 Å². The lowest BCUT2D eigenvalue weighted by atomic mass is 10.1. The highest BCUT2D eigenvalue weighted by Gasteiger charge is 2.29. The Kier molecular flexibility index (Phi) is 4.02. The highest BCUT2D eigenvalue weighted by molar-refractivity contribution is 6.08. The number of aromatic hydroxyl groups is 1. The number of carbonyl (C=O) groups is 1. The minimum absolute atomic E-state index is 0.0368. The summed E-state index contributed by atoms with van der Waals surface area (Å²) in [6.07, 6.45) is -4.32. The number of rotatable bonds is 3. The molecule has 1 aromatic heterocycles. The highest BCUT2D eigenvalue weighted by Crippen LogP contribution is 2.27. The van der Waals surface area contributed by atoms with Crippen LogP contribution in [0.4, 0.5) is 13.2 Å². The van der Waals surface area contributed by atoms with Gasteiger partial charge in [-0.05, 0) is 6.07 Å². The van der Waals surface area contributed by atoms with Gasteiger partial charge in [-0.2, -0.15) is 13.2 Å². The Morgan fingerprint density at radius 3 is 2.67 bits per heavy atom. The van der Waals surface area contributed by atoms with E-state index in [2.05, 4.69) is 4.98 Å². The Morgan fingerprint density at radius 1 is 1.33 bits per heavy atom. The third-order valence-electron chi connectivity index (χ3n) is 3.05. The topological polar surface area (TPSA) is 53.4 Å². The van der Waals surface area contributed by atoms with Crippen molar-refractivity contribution in [2.75, 3.05) is 13.6 Å². The zero-order valence-corrected chi connectivity index (χ0v) is 11.2. The molecule has 0 aliphatic carbocycles. The van der Waals surface area contributed by atoms with Gasteiger partial charge in [-0.25, -0.2) is 0 Å². The van der Waals surface area contributed by atoms with Gasteiger partial charge < -0.3 is 10.0 Å². The number of pyridine rings is 1. The fourth-order valence-corrected chi connectivity index (χ4v) is 1.94. The van der Waals surface area contributed by atoms with Crippen molar-refractivity contribution in [3.8, 4) is 5.75 Å². The first kappa shape index (κ1) is 15.1. The molecule has 21 heavy (non-hydrogen) atoms. The van der Waals surface area contributed by atoms with E-state index in [1.807, 2.05) is 0 Å². The second-order valence-electron chi connectivity index (χ2n) is 4.63. The third-order valence-corrected chi connectivity index (χ3v) is 3.05. The molecule has 0 saturated heterocycles. The van der Waals surface area contributed by atoms with Gasteiger partial charge in [-0.1, -0.05) is 18.2 Å². The lowest BCUT2D eigenvalue weighted by Crippen LogP contribution is -2.30. The number of nitrogens with zero attached hydrogens (tertiary/aromatic N) is 2. The van der Waals surface area contributed by atoms with Gasteiger partial charge in [0.25, 0.3) is 5.91 Å². The summed E-state index contributed by atoms with van der Waals surface area (Å²) >= 11 is 0. The van der Waals surface area contributed by atoms with Gasteiger partial charge in [-0.3, -0.25) is 9.78 Å². The van der Waals surface area contributed by atoms with Crippen LogP contribution in [0.3, 0.4) is 0 Å². The van der Waals surface area contributed by atoms with Gasteiger partial charge in [0.2, 0.25) is 0 Å². The van der Waals surface area contributed by atoms with Crippen LogP contribution in [0.2, 0.25) is 0 Å².